The van der Waals surface area contributed by atoms with E-state index in [0.29, 0.717) is 6.04 Å². The van der Waals surface area contributed by atoms with Crippen molar-refractivity contribution in [3.05, 3.63) is 59.2 Å². The number of hydrogen-bond acceptors (Lipinski definition) is 5. The minimum atomic E-state index is 0. The predicted molar refractivity (Wildman–Crippen MR) is 135 cm³/mol. The van der Waals surface area contributed by atoms with Gasteiger partial charge in [0.1, 0.15) is 5.82 Å². The molecule has 1 aromatic heterocycles. The summed E-state index contributed by atoms with van der Waals surface area (Å²) in [5, 5.41) is 1.29. The number of carbonyl (C=O) groups excluding carboxylic acids is 1. The number of fused-ring (bicyclic) bond motifs is 2. The summed E-state index contributed by atoms with van der Waals surface area (Å²) in [6.07, 6.45) is 3.05. The molecule has 1 aliphatic carbocycles. The molecule has 3 aromatic rings. The minimum absolute atomic E-state index is 0. The highest BCUT2D eigenvalue weighted by molar-refractivity contribution is 7.13. The number of nitrogens with zero attached hydrogens (tertiary/aromatic N) is 4. The van der Waals surface area contributed by atoms with E-state index in [-0.39, 0.29) is 18.3 Å². The van der Waals surface area contributed by atoms with Gasteiger partial charge in [-0.1, -0.05) is 30.3 Å². The Kier molecular flexibility index (Phi) is 7.03. The molecule has 7 heteroatoms. The summed E-state index contributed by atoms with van der Waals surface area (Å²) >= 11 is 1.60. The smallest absolute Gasteiger partial charge is 0.219 e. The number of hydrogen-bond donors (Lipinski definition) is 0. The SMILES string of the molecule is CC(=O)N(C)[C@@H]1Cc2ccc(CCN3CCN(c4nsc5ccccc45)CC3)cc2C1.Cl. The van der Waals surface area contributed by atoms with Crippen LogP contribution in [0.3, 0.4) is 0 Å². The normalized spacial score (nSPS) is 18.4. The van der Waals surface area contributed by atoms with Gasteiger partial charge in [0, 0.05) is 58.1 Å². The number of amides is 1. The zero-order valence-electron chi connectivity index (χ0n) is 18.8. The molecule has 2 heterocycles. The molecule has 1 aliphatic heterocycles. The van der Waals surface area contributed by atoms with E-state index in [9.17, 15) is 4.79 Å². The van der Waals surface area contributed by atoms with Gasteiger partial charge in [-0.3, -0.25) is 9.69 Å². The maximum absolute atomic E-state index is 11.7. The van der Waals surface area contributed by atoms with Crippen LogP contribution in [0.25, 0.3) is 10.1 Å². The zero-order valence-corrected chi connectivity index (χ0v) is 20.4. The molecule has 0 unspecified atom stereocenters. The number of piperazine rings is 1. The van der Waals surface area contributed by atoms with Crippen molar-refractivity contribution in [2.24, 2.45) is 0 Å². The monoisotopic (exact) mass is 470 g/mol. The molecule has 5 nitrogen and oxygen atoms in total. The second-order valence-corrected chi connectivity index (χ2v) is 9.68. The molecule has 0 spiro atoms. The standard InChI is InChI=1S/C25H30N4OS.ClH/c1-18(30)27(2)22-16-20-8-7-19(15-21(20)17-22)9-10-28-11-13-29(14-12-28)25-23-5-3-4-6-24(23)31-26-25;/h3-8,15,22H,9-14,16-17H2,1-2H3;1H/t22-;/m1./s1. The Hall–Kier alpha value is -2.15. The van der Waals surface area contributed by atoms with E-state index in [1.807, 2.05) is 11.9 Å². The second kappa shape index (κ2) is 9.77. The highest BCUT2D eigenvalue weighted by Gasteiger charge is 2.26. The molecule has 1 atom stereocenters. The average molecular weight is 471 g/mol. The molecule has 1 fully saturated rings. The molecule has 0 N–H and O–H groups in total. The molecule has 170 valence electrons. The van der Waals surface area contributed by atoms with Crippen LogP contribution in [-0.4, -0.2) is 65.9 Å². The summed E-state index contributed by atoms with van der Waals surface area (Å²) in [5.74, 6) is 1.31. The van der Waals surface area contributed by atoms with E-state index in [2.05, 4.69) is 52.3 Å². The number of aromatic nitrogens is 1. The first-order valence-electron chi connectivity index (χ1n) is 11.2. The van der Waals surface area contributed by atoms with Crippen LogP contribution in [0.5, 0.6) is 0 Å². The van der Waals surface area contributed by atoms with E-state index in [0.717, 1.165) is 57.8 Å². The fraction of sp³-hybridized carbons (Fsp3) is 0.440. The van der Waals surface area contributed by atoms with Crippen LogP contribution in [0.1, 0.15) is 23.6 Å². The molecule has 2 aromatic carbocycles. The molecule has 32 heavy (non-hydrogen) atoms. The van der Waals surface area contributed by atoms with E-state index >= 15 is 0 Å². The number of benzene rings is 2. The topological polar surface area (TPSA) is 39.7 Å². The second-order valence-electron chi connectivity index (χ2n) is 8.88. The van der Waals surface area contributed by atoms with Crippen LogP contribution in [0, 0.1) is 0 Å². The van der Waals surface area contributed by atoms with Crippen LogP contribution >= 0.6 is 23.9 Å². The van der Waals surface area contributed by atoms with Crippen LogP contribution in [0.4, 0.5) is 5.82 Å². The van der Waals surface area contributed by atoms with Crippen LogP contribution < -0.4 is 4.90 Å². The molecule has 2 aliphatic rings. The third kappa shape index (κ3) is 4.63. The lowest BCUT2D eigenvalue weighted by molar-refractivity contribution is -0.129. The fourth-order valence-electron chi connectivity index (χ4n) is 4.91. The third-order valence-corrected chi connectivity index (χ3v) is 7.79. The average Bonchev–Trinajstić information content (AvgIpc) is 3.41. The van der Waals surface area contributed by atoms with E-state index in [4.69, 9.17) is 4.37 Å². The van der Waals surface area contributed by atoms with Gasteiger partial charge in [0.05, 0.1) is 4.70 Å². The Morgan fingerprint density at radius 2 is 1.84 bits per heavy atom. The quantitative estimate of drug-likeness (QED) is 0.564. The summed E-state index contributed by atoms with van der Waals surface area (Å²) < 4.78 is 6.00. The Bertz CT molecular complexity index is 1090. The van der Waals surface area contributed by atoms with Crippen molar-refractivity contribution >= 4 is 45.8 Å². The van der Waals surface area contributed by atoms with Gasteiger partial charge in [-0.15, -0.1) is 12.4 Å². The highest BCUT2D eigenvalue weighted by Crippen LogP contribution is 2.30. The van der Waals surface area contributed by atoms with Crippen LogP contribution in [0.15, 0.2) is 42.5 Å². The lowest BCUT2D eigenvalue weighted by Gasteiger charge is -2.35. The zero-order chi connectivity index (χ0) is 21.4. The van der Waals surface area contributed by atoms with Crippen molar-refractivity contribution in [2.45, 2.75) is 32.2 Å². The van der Waals surface area contributed by atoms with Crippen molar-refractivity contribution in [2.75, 3.05) is 44.7 Å². The Labute approximate surface area is 200 Å². The first-order valence-corrected chi connectivity index (χ1v) is 12.0. The molecule has 5 rings (SSSR count). The summed E-state index contributed by atoms with van der Waals surface area (Å²) in [4.78, 5) is 18.6. The molecular weight excluding hydrogens is 440 g/mol. The van der Waals surface area contributed by atoms with Gasteiger partial charge >= 0.3 is 0 Å². The summed E-state index contributed by atoms with van der Waals surface area (Å²) in [7, 11) is 1.92. The van der Waals surface area contributed by atoms with Crippen molar-refractivity contribution in [3.8, 4) is 0 Å². The molecule has 1 amide bonds. The number of likely N-dealkylation sites (N-methyl/N-ethyl adjacent to an activating group) is 1. The Morgan fingerprint density at radius 1 is 1.09 bits per heavy atom. The highest BCUT2D eigenvalue weighted by atomic mass is 35.5. The molecule has 0 radical (unpaired) electrons. The lowest BCUT2D eigenvalue weighted by atomic mass is 10.0. The van der Waals surface area contributed by atoms with Gasteiger partial charge in [-0.05, 0) is 59.6 Å². The van der Waals surface area contributed by atoms with Crippen LogP contribution in [-0.2, 0) is 24.1 Å². The van der Waals surface area contributed by atoms with Gasteiger partial charge in [-0.25, -0.2) is 0 Å². The molecular formula is C25H31ClN4OS. The number of rotatable bonds is 5. The van der Waals surface area contributed by atoms with E-state index < -0.39 is 0 Å². The first-order chi connectivity index (χ1) is 15.1. The number of carbonyl (C=O) groups is 1. The summed E-state index contributed by atoms with van der Waals surface area (Å²) in [5.41, 5.74) is 4.25. The summed E-state index contributed by atoms with van der Waals surface area (Å²) in [6.45, 7) is 7.00. The number of anilines is 1. The van der Waals surface area contributed by atoms with Crippen LogP contribution in [0.2, 0.25) is 0 Å². The van der Waals surface area contributed by atoms with Crippen molar-refractivity contribution in [3.63, 3.8) is 0 Å². The van der Waals surface area contributed by atoms with Gasteiger partial charge in [-0.2, -0.15) is 4.37 Å². The van der Waals surface area contributed by atoms with E-state index in [1.165, 1.54) is 26.8 Å². The Morgan fingerprint density at radius 3 is 2.62 bits per heavy atom. The number of halogens is 1. The lowest BCUT2D eigenvalue weighted by Crippen LogP contribution is -2.47. The van der Waals surface area contributed by atoms with Gasteiger partial charge in [0.2, 0.25) is 5.91 Å². The van der Waals surface area contributed by atoms with Crippen molar-refractivity contribution < 1.29 is 4.79 Å². The molecule has 1 saturated heterocycles. The predicted octanol–water partition coefficient (Wildman–Crippen LogP) is 4.03. The maximum atomic E-state index is 11.7. The largest absolute Gasteiger partial charge is 0.353 e. The molecule has 0 bridgehead atoms. The third-order valence-electron chi connectivity index (χ3n) is 6.97. The maximum Gasteiger partial charge on any atom is 0.219 e. The van der Waals surface area contributed by atoms with Gasteiger partial charge in [0.25, 0.3) is 0 Å². The van der Waals surface area contributed by atoms with Gasteiger partial charge < -0.3 is 9.80 Å². The first kappa shape index (κ1) is 23.0. The molecule has 0 saturated carbocycles. The minimum Gasteiger partial charge on any atom is -0.353 e. The van der Waals surface area contributed by atoms with Gasteiger partial charge in [0.15, 0.2) is 0 Å². The fourth-order valence-corrected chi connectivity index (χ4v) is 5.70. The van der Waals surface area contributed by atoms with Crippen molar-refractivity contribution in [1.29, 1.82) is 0 Å². The summed E-state index contributed by atoms with van der Waals surface area (Å²) in [6, 6.07) is 15.8. The van der Waals surface area contributed by atoms with E-state index in [1.54, 1.807) is 18.5 Å². The van der Waals surface area contributed by atoms with Crippen molar-refractivity contribution in [1.82, 2.24) is 14.2 Å². The Balaban J connectivity index is 0.00000245.